The van der Waals surface area contributed by atoms with E-state index in [-0.39, 0.29) is 0 Å². The van der Waals surface area contributed by atoms with Gasteiger partial charge >= 0.3 is 0 Å². The highest BCUT2D eigenvalue weighted by atomic mass is 35.5. The van der Waals surface area contributed by atoms with Crippen LogP contribution >= 0.6 is 34.7 Å². The summed E-state index contributed by atoms with van der Waals surface area (Å²) in [6.45, 7) is 0. The molecule has 0 fully saturated rings. The second-order valence-electron chi connectivity index (χ2n) is 3.65. The minimum Gasteiger partial charge on any atom is -0.388 e. The summed E-state index contributed by atoms with van der Waals surface area (Å²) in [6, 6.07) is 13.7. The molecular weight excluding hydrogens is 272 g/mol. The molecule has 0 bridgehead atoms. The molecule has 0 saturated carbocycles. The zero-order chi connectivity index (χ0) is 12.1. The van der Waals surface area contributed by atoms with Crippen molar-refractivity contribution >= 4 is 34.7 Å². The average molecular weight is 285 g/mol. The number of halogens is 1. The predicted octanol–water partition coefficient (Wildman–Crippen LogP) is 4.37. The van der Waals surface area contributed by atoms with Gasteiger partial charge < -0.3 is 5.11 Å². The number of thiophene rings is 1. The maximum Gasteiger partial charge on any atom is 0.0931 e. The number of rotatable bonds is 5. The second kappa shape index (κ2) is 6.45. The van der Waals surface area contributed by atoms with Crippen LogP contribution in [-0.2, 0) is 5.75 Å². The molecule has 0 amide bonds. The zero-order valence-corrected chi connectivity index (χ0v) is 11.6. The molecule has 4 heteroatoms. The van der Waals surface area contributed by atoms with Crippen molar-refractivity contribution in [3.05, 3.63) is 57.2 Å². The fourth-order valence-electron chi connectivity index (χ4n) is 1.47. The molecule has 2 rings (SSSR count). The highest BCUT2D eigenvalue weighted by Crippen LogP contribution is 2.27. The summed E-state index contributed by atoms with van der Waals surface area (Å²) >= 11 is 9.18. The fourth-order valence-corrected chi connectivity index (χ4v) is 3.67. The maximum absolute atomic E-state index is 9.96. The van der Waals surface area contributed by atoms with Gasteiger partial charge in [-0.2, -0.15) is 11.8 Å². The van der Waals surface area contributed by atoms with E-state index in [1.54, 1.807) is 23.1 Å². The topological polar surface area (TPSA) is 20.2 Å². The first-order valence-corrected chi connectivity index (χ1v) is 7.65. The molecular formula is C13H13ClOS2. The third kappa shape index (κ3) is 4.03. The number of hydrogen-bond acceptors (Lipinski definition) is 3. The van der Waals surface area contributed by atoms with E-state index in [1.807, 2.05) is 42.5 Å². The van der Waals surface area contributed by atoms with Crippen LogP contribution in [-0.4, -0.2) is 10.9 Å². The Morgan fingerprint density at radius 2 is 1.94 bits per heavy atom. The molecule has 1 atom stereocenters. The lowest BCUT2D eigenvalue weighted by Gasteiger charge is -2.09. The van der Waals surface area contributed by atoms with Crippen LogP contribution in [0.15, 0.2) is 42.5 Å². The number of hydrogen-bond donors (Lipinski definition) is 1. The van der Waals surface area contributed by atoms with Crippen molar-refractivity contribution in [1.29, 1.82) is 0 Å². The van der Waals surface area contributed by atoms with Crippen molar-refractivity contribution < 1.29 is 5.11 Å². The molecule has 2 aromatic rings. The highest BCUT2D eigenvalue weighted by Gasteiger charge is 2.07. The number of aliphatic hydroxyl groups is 1. The molecule has 0 radical (unpaired) electrons. The van der Waals surface area contributed by atoms with Gasteiger partial charge in [0.25, 0.3) is 0 Å². The van der Waals surface area contributed by atoms with Crippen molar-refractivity contribution in [3.8, 4) is 0 Å². The van der Waals surface area contributed by atoms with Crippen LogP contribution in [0, 0.1) is 0 Å². The Balaban J connectivity index is 1.79. The summed E-state index contributed by atoms with van der Waals surface area (Å²) in [7, 11) is 0. The van der Waals surface area contributed by atoms with Crippen LogP contribution in [0.2, 0.25) is 4.34 Å². The summed E-state index contributed by atoms with van der Waals surface area (Å²) in [5.74, 6) is 1.61. The summed E-state index contributed by atoms with van der Waals surface area (Å²) in [6.07, 6.45) is -0.392. The van der Waals surface area contributed by atoms with E-state index in [0.717, 1.165) is 15.7 Å². The van der Waals surface area contributed by atoms with E-state index >= 15 is 0 Å². The average Bonchev–Trinajstić information content (AvgIpc) is 2.76. The lowest BCUT2D eigenvalue weighted by atomic mass is 10.1. The number of benzene rings is 1. The second-order valence-corrected chi connectivity index (χ2v) is 6.48. The molecule has 1 aromatic heterocycles. The molecule has 0 spiro atoms. The minimum atomic E-state index is -0.392. The van der Waals surface area contributed by atoms with Crippen LogP contribution in [0.3, 0.4) is 0 Å². The third-order valence-corrected chi connectivity index (χ3v) is 4.81. The van der Waals surface area contributed by atoms with Gasteiger partial charge in [-0.1, -0.05) is 41.9 Å². The van der Waals surface area contributed by atoms with Gasteiger partial charge in [-0.05, 0) is 17.7 Å². The van der Waals surface area contributed by atoms with Gasteiger partial charge in [0.15, 0.2) is 0 Å². The van der Waals surface area contributed by atoms with Crippen LogP contribution < -0.4 is 0 Å². The first-order chi connectivity index (χ1) is 8.25. The normalized spacial score (nSPS) is 12.6. The van der Waals surface area contributed by atoms with Gasteiger partial charge in [-0.3, -0.25) is 0 Å². The summed E-state index contributed by atoms with van der Waals surface area (Å²) < 4.78 is 0.823. The van der Waals surface area contributed by atoms with Gasteiger partial charge in [-0.15, -0.1) is 11.3 Å². The Morgan fingerprint density at radius 3 is 2.59 bits per heavy atom. The Hall–Kier alpha value is -0.480. The Morgan fingerprint density at radius 1 is 1.18 bits per heavy atom. The maximum atomic E-state index is 9.96. The summed E-state index contributed by atoms with van der Waals surface area (Å²) in [4.78, 5) is 1.25. The standard InChI is InChI=1S/C13H13ClOS2/c14-13-7-6-11(17-13)8-16-9-12(15)10-4-2-1-3-5-10/h1-7,12,15H,8-9H2. The lowest BCUT2D eigenvalue weighted by molar-refractivity contribution is 0.204. The fraction of sp³-hybridized carbons (Fsp3) is 0.231. The van der Waals surface area contributed by atoms with Crippen molar-refractivity contribution in [2.24, 2.45) is 0 Å². The van der Waals surface area contributed by atoms with Crippen LogP contribution in [0.5, 0.6) is 0 Å². The van der Waals surface area contributed by atoms with Crippen LogP contribution in [0.4, 0.5) is 0 Å². The predicted molar refractivity (Wildman–Crippen MR) is 76.9 cm³/mol. The molecule has 1 nitrogen and oxygen atoms in total. The van der Waals surface area contributed by atoms with E-state index in [1.165, 1.54) is 4.88 Å². The van der Waals surface area contributed by atoms with Gasteiger partial charge in [0.05, 0.1) is 10.4 Å². The van der Waals surface area contributed by atoms with Crippen LogP contribution in [0.1, 0.15) is 16.5 Å². The Kier molecular flexibility index (Phi) is 4.92. The Labute approximate surface area is 114 Å². The molecule has 17 heavy (non-hydrogen) atoms. The number of aliphatic hydroxyl groups excluding tert-OH is 1. The Bertz CT molecular complexity index is 455. The molecule has 1 heterocycles. The van der Waals surface area contributed by atoms with E-state index in [4.69, 9.17) is 11.6 Å². The number of thioether (sulfide) groups is 1. The first-order valence-electron chi connectivity index (χ1n) is 5.30. The largest absolute Gasteiger partial charge is 0.388 e. The highest BCUT2D eigenvalue weighted by molar-refractivity contribution is 7.98. The van der Waals surface area contributed by atoms with Crippen molar-refractivity contribution in [3.63, 3.8) is 0 Å². The van der Waals surface area contributed by atoms with Gasteiger partial charge in [0.2, 0.25) is 0 Å². The SMILES string of the molecule is OC(CSCc1ccc(Cl)s1)c1ccccc1. The molecule has 90 valence electrons. The third-order valence-electron chi connectivity index (χ3n) is 2.33. The molecule has 0 aliphatic rings. The van der Waals surface area contributed by atoms with Gasteiger partial charge in [-0.25, -0.2) is 0 Å². The van der Waals surface area contributed by atoms with E-state index in [9.17, 15) is 5.11 Å². The molecule has 0 aliphatic heterocycles. The van der Waals surface area contributed by atoms with Crippen molar-refractivity contribution in [2.75, 3.05) is 5.75 Å². The van der Waals surface area contributed by atoms with Crippen molar-refractivity contribution in [1.82, 2.24) is 0 Å². The lowest BCUT2D eigenvalue weighted by Crippen LogP contribution is -2.00. The molecule has 0 aliphatic carbocycles. The van der Waals surface area contributed by atoms with E-state index in [2.05, 4.69) is 0 Å². The summed E-state index contributed by atoms with van der Waals surface area (Å²) in [5, 5.41) is 9.96. The quantitative estimate of drug-likeness (QED) is 0.880. The smallest absolute Gasteiger partial charge is 0.0931 e. The molecule has 1 N–H and O–H groups in total. The summed E-state index contributed by atoms with van der Waals surface area (Å²) in [5.41, 5.74) is 0.976. The van der Waals surface area contributed by atoms with Gasteiger partial charge in [0.1, 0.15) is 0 Å². The monoisotopic (exact) mass is 284 g/mol. The molecule has 1 unspecified atom stereocenters. The van der Waals surface area contributed by atoms with Crippen molar-refractivity contribution in [2.45, 2.75) is 11.9 Å². The van der Waals surface area contributed by atoms with E-state index in [0.29, 0.717) is 5.75 Å². The van der Waals surface area contributed by atoms with Gasteiger partial charge in [0, 0.05) is 16.4 Å². The van der Waals surface area contributed by atoms with E-state index < -0.39 is 6.10 Å². The molecule has 0 saturated heterocycles. The molecule has 1 aromatic carbocycles. The van der Waals surface area contributed by atoms with Crippen LogP contribution in [0.25, 0.3) is 0 Å². The first kappa shape index (κ1) is 13.0. The zero-order valence-electron chi connectivity index (χ0n) is 9.17. The minimum absolute atomic E-state index is 0.392.